The van der Waals surface area contributed by atoms with E-state index in [1.165, 1.54) is 17.7 Å². The molecule has 0 N–H and O–H groups in total. The van der Waals surface area contributed by atoms with E-state index < -0.39 is 0 Å². The van der Waals surface area contributed by atoms with Crippen LogP contribution in [0.3, 0.4) is 0 Å². The van der Waals surface area contributed by atoms with Crippen molar-refractivity contribution in [1.29, 1.82) is 0 Å². The van der Waals surface area contributed by atoms with E-state index in [1.807, 2.05) is 0 Å². The molecule has 5 heteroatoms. The third-order valence-electron chi connectivity index (χ3n) is 6.66. The van der Waals surface area contributed by atoms with Crippen LogP contribution in [0, 0.1) is 5.41 Å². The zero-order valence-corrected chi connectivity index (χ0v) is 18.5. The summed E-state index contributed by atoms with van der Waals surface area (Å²) in [5, 5.41) is 0.998. The predicted octanol–water partition coefficient (Wildman–Crippen LogP) is 5.73. The fourth-order valence-electron chi connectivity index (χ4n) is 4.70. The maximum Gasteiger partial charge on any atom is 0.178 e. The molecule has 2 aromatic carbocycles. The number of carbonyl (C=O) groups is 1. The molecule has 0 amide bonds. The number of piperidine rings is 1. The second-order valence-corrected chi connectivity index (χ2v) is 9.36. The van der Waals surface area contributed by atoms with Crippen LogP contribution < -0.4 is 4.90 Å². The van der Waals surface area contributed by atoms with Crippen LogP contribution in [-0.4, -0.2) is 43.4 Å². The maximum atomic E-state index is 12.7. The van der Waals surface area contributed by atoms with Gasteiger partial charge in [-0.25, -0.2) is 0 Å². The van der Waals surface area contributed by atoms with Crippen molar-refractivity contribution < 1.29 is 4.79 Å². The van der Waals surface area contributed by atoms with Gasteiger partial charge in [-0.2, -0.15) is 0 Å². The second kappa shape index (κ2) is 8.67. The molecule has 0 radical (unpaired) electrons. The zero-order chi connectivity index (χ0) is 20.4. The van der Waals surface area contributed by atoms with Crippen molar-refractivity contribution in [3.05, 3.63) is 63.6 Å². The summed E-state index contributed by atoms with van der Waals surface area (Å²) < 4.78 is 0. The van der Waals surface area contributed by atoms with Gasteiger partial charge in [-0.3, -0.25) is 9.69 Å². The number of hydrogen-bond acceptors (Lipinski definition) is 3. The normalized spacial score (nSPS) is 19.1. The zero-order valence-electron chi connectivity index (χ0n) is 17.0. The lowest BCUT2D eigenvalue weighted by Gasteiger charge is -2.39. The van der Waals surface area contributed by atoms with Gasteiger partial charge in [0.25, 0.3) is 0 Å². The molecular weight excluding hydrogens is 403 g/mol. The topological polar surface area (TPSA) is 23.6 Å². The number of aryl methyl sites for hydroxylation is 1. The van der Waals surface area contributed by atoms with Crippen molar-refractivity contribution in [3.63, 3.8) is 0 Å². The highest BCUT2D eigenvalue weighted by Gasteiger charge is 2.40. The Morgan fingerprint density at radius 2 is 1.69 bits per heavy atom. The van der Waals surface area contributed by atoms with Crippen molar-refractivity contribution in [2.24, 2.45) is 5.41 Å². The Hall–Kier alpha value is -1.55. The second-order valence-electron chi connectivity index (χ2n) is 8.52. The van der Waals surface area contributed by atoms with Crippen LogP contribution in [-0.2, 0) is 6.42 Å². The SMILES string of the molecule is CCc1ccc(N2CCC3(CCN(CC(=O)c4ccc(Cl)cc4Cl)CC3)C2)cc1. The third-order valence-corrected chi connectivity index (χ3v) is 7.21. The molecule has 0 saturated carbocycles. The first-order valence-electron chi connectivity index (χ1n) is 10.5. The summed E-state index contributed by atoms with van der Waals surface area (Å²) in [6.07, 6.45) is 4.63. The summed E-state index contributed by atoms with van der Waals surface area (Å²) in [5.74, 6) is 0.0756. The molecule has 0 aliphatic carbocycles. The van der Waals surface area contributed by atoms with Gasteiger partial charge in [0.1, 0.15) is 0 Å². The largest absolute Gasteiger partial charge is 0.371 e. The first-order valence-corrected chi connectivity index (χ1v) is 11.3. The Morgan fingerprint density at radius 3 is 2.34 bits per heavy atom. The number of halogens is 2. The Balaban J connectivity index is 1.32. The molecule has 3 nitrogen and oxygen atoms in total. The fraction of sp³-hybridized carbons (Fsp3) is 0.458. The average Bonchev–Trinajstić information content (AvgIpc) is 3.13. The number of anilines is 1. The lowest BCUT2D eigenvalue weighted by Crippen LogP contribution is -2.43. The summed E-state index contributed by atoms with van der Waals surface area (Å²) in [6, 6.07) is 14.1. The molecule has 2 fully saturated rings. The van der Waals surface area contributed by atoms with E-state index in [2.05, 4.69) is 41.0 Å². The molecule has 2 aliphatic rings. The molecule has 0 aromatic heterocycles. The van der Waals surface area contributed by atoms with Crippen LogP contribution in [0.2, 0.25) is 10.0 Å². The molecule has 0 atom stereocenters. The lowest BCUT2D eigenvalue weighted by atomic mass is 9.77. The maximum absolute atomic E-state index is 12.7. The molecule has 2 saturated heterocycles. The van der Waals surface area contributed by atoms with Gasteiger partial charge in [-0.05, 0) is 80.1 Å². The quantitative estimate of drug-likeness (QED) is 0.565. The molecule has 4 rings (SSSR count). The Labute approximate surface area is 183 Å². The molecule has 2 aromatic rings. The summed E-state index contributed by atoms with van der Waals surface area (Å²) in [7, 11) is 0. The number of carbonyl (C=O) groups excluding carboxylic acids is 1. The minimum Gasteiger partial charge on any atom is -0.371 e. The monoisotopic (exact) mass is 430 g/mol. The Morgan fingerprint density at radius 1 is 1.00 bits per heavy atom. The highest BCUT2D eigenvalue weighted by molar-refractivity contribution is 6.36. The van der Waals surface area contributed by atoms with Gasteiger partial charge in [0.05, 0.1) is 11.6 Å². The van der Waals surface area contributed by atoms with Crippen LogP contribution in [0.5, 0.6) is 0 Å². The third kappa shape index (κ3) is 4.63. The molecule has 1 spiro atoms. The van der Waals surface area contributed by atoms with Crippen LogP contribution >= 0.6 is 23.2 Å². The molecular formula is C24H28Cl2N2O. The standard InChI is InChI=1S/C24H28Cl2N2O/c1-2-18-3-6-20(7-4-18)28-14-11-24(17-28)9-12-27(13-10-24)16-23(29)21-8-5-19(25)15-22(21)26/h3-8,15H,2,9-14,16-17H2,1H3. The Kier molecular flexibility index (Phi) is 6.19. The van der Waals surface area contributed by atoms with E-state index in [4.69, 9.17) is 23.2 Å². The number of hydrogen-bond donors (Lipinski definition) is 0. The smallest absolute Gasteiger partial charge is 0.178 e. The first kappa shape index (κ1) is 20.7. The summed E-state index contributed by atoms with van der Waals surface area (Å²) in [6.45, 7) is 6.83. The fourth-order valence-corrected chi connectivity index (χ4v) is 5.21. The van der Waals surface area contributed by atoms with Gasteiger partial charge >= 0.3 is 0 Å². The number of Topliss-reactive ketones (excluding diaryl/α,β-unsaturated/α-hetero) is 1. The number of ketones is 1. The van der Waals surface area contributed by atoms with E-state index in [-0.39, 0.29) is 5.78 Å². The summed E-state index contributed by atoms with van der Waals surface area (Å²) in [5.41, 5.74) is 3.69. The van der Waals surface area contributed by atoms with Crippen LogP contribution in [0.1, 0.15) is 42.1 Å². The molecule has 29 heavy (non-hydrogen) atoms. The highest BCUT2D eigenvalue weighted by atomic mass is 35.5. The minimum absolute atomic E-state index is 0.0756. The molecule has 2 aliphatic heterocycles. The van der Waals surface area contributed by atoms with E-state index in [0.717, 1.165) is 45.4 Å². The van der Waals surface area contributed by atoms with E-state index >= 15 is 0 Å². The number of nitrogens with zero attached hydrogens (tertiary/aromatic N) is 2. The van der Waals surface area contributed by atoms with Gasteiger partial charge in [0.15, 0.2) is 5.78 Å². The van der Waals surface area contributed by atoms with Crippen LogP contribution in [0.25, 0.3) is 0 Å². The lowest BCUT2D eigenvalue weighted by molar-refractivity contribution is 0.0825. The van der Waals surface area contributed by atoms with Crippen molar-refractivity contribution in [1.82, 2.24) is 4.90 Å². The molecule has 0 unspecified atom stereocenters. The number of benzene rings is 2. The van der Waals surface area contributed by atoms with Crippen molar-refractivity contribution in [3.8, 4) is 0 Å². The van der Waals surface area contributed by atoms with E-state index in [9.17, 15) is 4.79 Å². The van der Waals surface area contributed by atoms with Gasteiger partial charge in [-0.15, -0.1) is 0 Å². The predicted molar refractivity (Wildman–Crippen MR) is 122 cm³/mol. The van der Waals surface area contributed by atoms with E-state index in [1.54, 1.807) is 18.2 Å². The van der Waals surface area contributed by atoms with Gasteiger partial charge < -0.3 is 4.90 Å². The van der Waals surface area contributed by atoms with Gasteiger partial charge in [0, 0.05) is 29.4 Å². The molecule has 2 heterocycles. The first-order chi connectivity index (χ1) is 14.0. The summed E-state index contributed by atoms with van der Waals surface area (Å²) >= 11 is 12.1. The number of rotatable bonds is 5. The molecule has 0 bridgehead atoms. The van der Waals surface area contributed by atoms with Crippen LogP contribution in [0.15, 0.2) is 42.5 Å². The number of likely N-dealkylation sites (tertiary alicyclic amines) is 1. The average molecular weight is 431 g/mol. The minimum atomic E-state index is 0.0756. The Bertz CT molecular complexity index is 873. The highest BCUT2D eigenvalue weighted by Crippen LogP contribution is 2.42. The van der Waals surface area contributed by atoms with E-state index in [0.29, 0.717) is 27.6 Å². The van der Waals surface area contributed by atoms with Crippen LogP contribution in [0.4, 0.5) is 5.69 Å². The van der Waals surface area contributed by atoms with Gasteiger partial charge in [0.2, 0.25) is 0 Å². The van der Waals surface area contributed by atoms with Gasteiger partial charge in [-0.1, -0.05) is 42.3 Å². The summed E-state index contributed by atoms with van der Waals surface area (Å²) in [4.78, 5) is 17.5. The van der Waals surface area contributed by atoms with Crippen molar-refractivity contribution in [2.45, 2.75) is 32.6 Å². The molecule has 154 valence electrons. The van der Waals surface area contributed by atoms with Crippen molar-refractivity contribution >= 4 is 34.7 Å². The van der Waals surface area contributed by atoms with Crippen molar-refractivity contribution in [2.75, 3.05) is 37.6 Å².